The van der Waals surface area contributed by atoms with Crippen LogP contribution in [0, 0.1) is 18.8 Å². The second-order valence-electron chi connectivity index (χ2n) is 9.81. The second kappa shape index (κ2) is 14.1. The summed E-state index contributed by atoms with van der Waals surface area (Å²) in [6.07, 6.45) is 16.5. The van der Waals surface area contributed by atoms with Gasteiger partial charge in [0.1, 0.15) is 11.5 Å². The van der Waals surface area contributed by atoms with Crippen LogP contribution in [-0.4, -0.2) is 12.6 Å². The molecule has 3 nitrogen and oxygen atoms in total. The Balaban J connectivity index is 1.27. The van der Waals surface area contributed by atoms with Gasteiger partial charge in [-0.05, 0) is 68.0 Å². The largest absolute Gasteiger partial charge is 0.494 e. The van der Waals surface area contributed by atoms with Gasteiger partial charge < -0.3 is 9.47 Å². The molecule has 0 amide bonds. The molecule has 0 unspecified atom stereocenters. The van der Waals surface area contributed by atoms with Crippen LogP contribution in [-0.2, 0) is 0 Å². The number of aryl methyl sites for hydroxylation is 1. The Morgan fingerprint density at radius 2 is 1.33 bits per heavy atom. The molecule has 1 aliphatic rings. The first kappa shape index (κ1) is 25.3. The van der Waals surface area contributed by atoms with E-state index in [2.05, 4.69) is 6.92 Å². The molecule has 2 aromatic carbocycles. The van der Waals surface area contributed by atoms with Crippen molar-refractivity contribution in [1.82, 2.24) is 0 Å². The fourth-order valence-electron chi connectivity index (χ4n) is 4.87. The van der Waals surface area contributed by atoms with Crippen molar-refractivity contribution < 1.29 is 14.3 Å². The number of benzene rings is 2. The van der Waals surface area contributed by atoms with Crippen LogP contribution in [0.5, 0.6) is 11.5 Å². The number of ether oxygens (including phenoxy) is 2. The molecular weight excluding hydrogens is 408 g/mol. The third kappa shape index (κ3) is 9.23. The molecule has 33 heavy (non-hydrogen) atoms. The molecule has 0 aromatic heterocycles. The van der Waals surface area contributed by atoms with Gasteiger partial charge in [0, 0.05) is 0 Å². The van der Waals surface area contributed by atoms with Crippen LogP contribution in [0.15, 0.2) is 48.5 Å². The quantitative estimate of drug-likeness (QED) is 0.174. The molecule has 0 N–H and O–H groups in total. The molecular formula is C30H42O3. The number of unbranched alkanes of at least 4 members (excludes halogenated alkanes) is 4. The lowest BCUT2D eigenvalue weighted by molar-refractivity contribution is 0.0734. The molecule has 1 fully saturated rings. The van der Waals surface area contributed by atoms with Gasteiger partial charge in [-0.3, -0.25) is 0 Å². The van der Waals surface area contributed by atoms with Gasteiger partial charge in [0.05, 0.1) is 12.2 Å². The monoisotopic (exact) mass is 450 g/mol. The van der Waals surface area contributed by atoms with Crippen LogP contribution in [0.25, 0.3) is 0 Å². The predicted octanol–water partition coefficient (Wildman–Crippen LogP) is 8.54. The molecule has 1 saturated carbocycles. The number of esters is 1. The van der Waals surface area contributed by atoms with Crippen LogP contribution >= 0.6 is 0 Å². The Bertz CT molecular complexity index is 801. The fourth-order valence-corrected chi connectivity index (χ4v) is 4.87. The Morgan fingerprint density at radius 3 is 1.97 bits per heavy atom. The molecule has 0 spiro atoms. The van der Waals surface area contributed by atoms with Gasteiger partial charge in [-0.15, -0.1) is 0 Å². The van der Waals surface area contributed by atoms with E-state index in [9.17, 15) is 4.79 Å². The van der Waals surface area contributed by atoms with Crippen molar-refractivity contribution >= 4 is 5.97 Å². The molecule has 180 valence electrons. The molecule has 3 heteroatoms. The van der Waals surface area contributed by atoms with Crippen LogP contribution in [0.4, 0.5) is 0 Å². The van der Waals surface area contributed by atoms with E-state index in [1.807, 2.05) is 43.3 Å². The molecule has 1 aliphatic carbocycles. The first-order chi connectivity index (χ1) is 16.1. The summed E-state index contributed by atoms with van der Waals surface area (Å²) in [5.41, 5.74) is 1.67. The van der Waals surface area contributed by atoms with E-state index in [0.717, 1.165) is 36.2 Å². The van der Waals surface area contributed by atoms with Gasteiger partial charge in [-0.1, -0.05) is 88.8 Å². The van der Waals surface area contributed by atoms with E-state index < -0.39 is 0 Å². The Hall–Kier alpha value is -2.29. The lowest BCUT2D eigenvalue weighted by Gasteiger charge is -2.28. The topological polar surface area (TPSA) is 35.5 Å². The molecule has 0 radical (unpaired) electrons. The van der Waals surface area contributed by atoms with Gasteiger partial charge in [0.15, 0.2) is 0 Å². The highest BCUT2D eigenvalue weighted by Gasteiger charge is 2.20. The highest BCUT2D eigenvalue weighted by Crippen LogP contribution is 2.34. The Kier molecular flexibility index (Phi) is 10.8. The summed E-state index contributed by atoms with van der Waals surface area (Å²) in [6, 6.07) is 14.7. The van der Waals surface area contributed by atoms with Crippen molar-refractivity contribution in [2.45, 2.75) is 90.9 Å². The summed E-state index contributed by atoms with van der Waals surface area (Å²) in [7, 11) is 0. The van der Waals surface area contributed by atoms with Crippen LogP contribution in [0.3, 0.4) is 0 Å². The highest BCUT2D eigenvalue weighted by molar-refractivity contribution is 5.91. The van der Waals surface area contributed by atoms with E-state index >= 15 is 0 Å². The average Bonchev–Trinajstić information content (AvgIpc) is 2.84. The lowest BCUT2D eigenvalue weighted by atomic mass is 9.78. The molecule has 0 saturated heterocycles. The van der Waals surface area contributed by atoms with Crippen molar-refractivity contribution in [3.05, 3.63) is 59.7 Å². The normalized spacial score (nSPS) is 18.1. The zero-order valence-corrected chi connectivity index (χ0v) is 20.7. The van der Waals surface area contributed by atoms with Gasteiger partial charge in [-0.25, -0.2) is 4.79 Å². The van der Waals surface area contributed by atoms with E-state index in [-0.39, 0.29) is 5.97 Å². The van der Waals surface area contributed by atoms with Crippen molar-refractivity contribution in [2.24, 2.45) is 11.8 Å². The van der Waals surface area contributed by atoms with Gasteiger partial charge in [-0.2, -0.15) is 0 Å². The standard InChI is InChI=1S/C30H42O3/c1-3-4-5-6-7-9-25-13-15-26(16-14-25)10-8-23-32-28-21-17-27(18-22-28)30(31)33-29-19-11-24(2)12-20-29/h11-12,17-22,25-26H,3-10,13-16,23H2,1-2H3. The van der Waals surface area contributed by atoms with Gasteiger partial charge >= 0.3 is 5.97 Å². The smallest absolute Gasteiger partial charge is 0.343 e. The van der Waals surface area contributed by atoms with Gasteiger partial charge in [0.25, 0.3) is 0 Å². The van der Waals surface area contributed by atoms with Crippen molar-refractivity contribution in [3.8, 4) is 11.5 Å². The summed E-state index contributed by atoms with van der Waals surface area (Å²) in [4.78, 5) is 12.3. The number of rotatable bonds is 13. The minimum Gasteiger partial charge on any atom is -0.494 e. The Morgan fingerprint density at radius 1 is 0.758 bits per heavy atom. The number of hydrogen-bond acceptors (Lipinski definition) is 3. The zero-order chi connectivity index (χ0) is 23.3. The van der Waals surface area contributed by atoms with Crippen LogP contribution < -0.4 is 9.47 Å². The lowest BCUT2D eigenvalue weighted by Crippen LogP contribution is -2.15. The number of carbonyl (C=O) groups excluding carboxylic acids is 1. The van der Waals surface area contributed by atoms with E-state index in [0.29, 0.717) is 11.3 Å². The van der Waals surface area contributed by atoms with E-state index in [4.69, 9.17) is 9.47 Å². The van der Waals surface area contributed by atoms with E-state index in [1.54, 1.807) is 12.1 Å². The molecule has 0 atom stereocenters. The fraction of sp³-hybridized carbons (Fsp3) is 0.567. The van der Waals surface area contributed by atoms with Crippen molar-refractivity contribution in [1.29, 1.82) is 0 Å². The third-order valence-electron chi connectivity index (χ3n) is 7.03. The van der Waals surface area contributed by atoms with Crippen LogP contribution in [0.1, 0.15) is 99.9 Å². The first-order valence-corrected chi connectivity index (χ1v) is 13.2. The first-order valence-electron chi connectivity index (χ1n) is 13.2. The summed E-state index contributed by atoms with van der Waals surface area (Å²) in [5.74, 6) is 2.89. The predicted molar refractivity (Wildman–Crippen MR) is 136 cm³/mol. The maximum absolute atomic E-state index is 12.3. The summed E-state index contributed by atoms with van der Waals surface area (Å²) in [5, 5.41) is 0. The van der Waals surface area contributed by atoms with Crippen molar-refractivity contribution in [3.63, 3.8) is 0 Å². The molecule has 0 bridgehead atoms. The average molecular weight is 451 g/mol. The SMILES string of the molecule is CCCCCCCC1CCC(CCCOc2ccc(C(=O)Oc3ccc(C)cc3)cc2)CC1. The summed E-state index contributed by atoms with van der Waals surface area (Å²) < 4.78 is 11.3. The zero-order valence-electron chi connectivity index (χ0n) is 20.7. The molecule has 0 heterocycles. The minimum atomic E-state index is -0.345. The second-order valence-corrected chi connectivity index (χ2v) is 9.81. The third-order valence-corrected chi connectivity index (χ3v) is 7.03. The number of hydrogen-bond donors (Lipinski definition) is 0. The molecule has 2 aromatic rings. The van der Waals surface area contributed by atoms with E-state index in [1.165, 1.54) is 70.6 Å². The minimum absolute atomic E-state index is 0.345. The van der Waals surface area contributed by atoms with Crippen LogP contribution in [0.2, 0.25) is 0 Å². The molecule has 3 rings (SSSR count). The molecule has 0 aliphatic heterocycles. The number of carbonyl (C=O) groups is 1. The Labute approximate surface area is 200 Å². The maximum atomic E-state index is 12.3. The summed E-state index contributed by atoms with van der Waals surface area (Å²) >= 11 is 0. The van der Waals surface area contributed by atoms with Gasteiger partial charge in [0.2, 0.25) is 0 Å². The maximum Gasteiger partial charge on any atom is 0.343 e. The highest BCUT2D eigenvalue weighted by atomic mass is 16.5. The summed E-state index contributed by atoms with van der Waals surface area (Å²) in [6.45, 7) is 5.03. The van der Waals surface area contributed by atoms with Crippen molar-refractivity contribution in [2.75, 3.05) is 6.61 Å².